The normalized spacial score (nSPS) is 11.1. The number of nitro groups is 1. The second kappa shape index (κ2) is 8.88. The first-order valence-electron chi connectivity index (χ1n) is 5.87. The third-order valence-corrected chi connectivity index (χ3v) is 2.63. The van der Waals surface area contributed by atoms with Crippen LogP contribution in [0.25, 0.3) is 0 Å². The first kappa shape index (κ1) is 18.8. The molecule has 21 heavy (non-hydrogen) atoms. The molecule has 0 aliphatic rings. The zero-order valence-corrected chi connectivity index (χ0v) is 11.8. The van der Waals surface area contributed by atoms with Crippen LogP contribution in [-0.4, -0.2) is 34.5 Å². The van der Waals surface area contributed by atoms with Crippen molar-refractivity contribution in [2.24, 2.45) is 5.73 Å². The fourth-order valence-corrected chi connectivity index (χ4v) is 1.80. The Hall–Kier alpha value is -2.19. The van der Waals surface area contributed by atoms with E-state index in [0.29, 0.717) is 5.56 Å². The van der Waals surface area contributed by atoms with Crippen LogP contribution in [0.15, 0.2) is 24.3 Å². The molecule has 1 aromatic rings. The lowest BCUT2D eigenvalue weighted by Crippen LogP contribution is -2.41. The summed E-state index contributed by atoms with van der Waals surface area (Å²) in [6, 6.07) is 5.25. The predicted molar refractivity (Wildman–Crippen MR) is 77.3 cm³/mol. The number of nitrogens with zero attached hydrogens (tertiary/aromatic N) is 1. The summed E-state index contributed by atoms with van der Waals surface area (Å²) in [4.78, 5) is 32.4. The van der Waals surface area contributed by atoms with Gasteiger partial charge in [0.15, 0.2) is 0 Å². The molecule has 1 rings (SSSR count). The molecule has 0 aliphatic heterocycles. The van der Waals surface area contributed by atoms with Crippen LogP contribution in [0.2, 0.25) is 0 Å². The predicted octanol–water partition coefficient (Wildman–Crippen LogP) is 0.477. The molecule has 1 amide bonds. The van der Waals surface area contributed by atoms with E-state index >= 15 is 0 Å². The van der Waals surface area contributed by atoms with Gasteiger partial charge in [-0.1, -0.05) is 18.2 Å². The number of nitrogens with two attached hydrogens (primary N) is 1. The van der Waals surface area contributed by atoms with Crippen LogP contribution >= 0.6 is 12.4 Å². The molecule has 0 bridgehead atoms. The first-order chi connectivity index (χ1) is 9.43. The van der Waals surface area contributed by atoms with Gasteiger partial charge in [0.1, 0.15) is 0 Å². The lowest BCUT2D eigenvalue weighted by molar-refractivity contribution is -0.385. The number of nitro benzene ring substituents is 1. The number of carbonyl (C=O) groups is 2. The highest BCUT2D eigenvalue weighted by molar-refractivity contribution is 5.85. The number of carboxylic acids is 1. The van der Waals surface area contributed by atoms with Crippen LogP contribution in [0.3, 0.4) is 0 Å². The highest BCUT2D eigenvalue weighted by Crippen LogP contribution is 2.20. The summed E-state index contributed by atoms with van der Waals surface area (Å²) in [5.74, 6) is -1.61. The summed E-state index contributed by atoms with van der Waals surface area (Å²) in [5, 5.41) is 22.1. The minimum Gasteiger partial charge on any atom is -0.481 e. The highest BCUT2D eigenvalue weighted by atomic mass is 35.5. The van der Waals surface area contributed by atoms with E-state index in [4.69, 9.17) is 10.8 Å². The number of carbonyl (C=O) groups excluding carboxylic acids is 1. The van der Waals surface area contributed by atoms with Gasteiger partial charge < -0.3 is 16.2 Å². The standard InChI is InChI=1S/C12H15N3O5.ClH/c13-7-11(16)14-9(6-12(17)18)5-8-3-1-2-4-10(8)15(19)20;/h1-4,9H,5-7,13H2,(H,14,16)(H,17,18);1H. The first-order valence-corrected chi connectivity index (χ1v) is 5.87. The Morgan fingerprint density at radius 2 is 2.00 bits per heavy atom. The lowest BCUT2D eigenvalue weighted by atomic mass is 10.0. The molecule has 0 heterocycles. The number of nitrogens with one attached hydrogen (secondary N) is 1. The van der Waals surface area contributed by atoms with Gasteiger partial charge >= 0.3 is 5.97 Å². The third kappa shape index (κ3) is 6.19. The summed E-state index contributed by atoms with van der Waals surface area (Å²) in [6.07, 6.45) is -0.285. The Bertz CT molecular complexity index is 523. The zero-order chi connectivity index (χ0) is 15.1. The van der Waals surface area contributed by atoms with Crippen molar-refractivity contribution < 1.29 is 19.6 Å². The summed E-state index contributed by atoms with van der Waals surface area (Å²) in [6.45, 7) is -0.271. The molecule has 4 N–H and O–H groups in total. The molecular formula is C12H16ClN3O5. The van der Waals surface area contributed by atoms with E-state index < -0.39 is 22.8 Å². The molecule has 0 aromatic heterocycles. The molecule has 1 atom stereocenters. The number of carboxylic acid groups (broad SMARTS) is 1. The number of amides is 1. The molecule has 0 aliphatic carbocycles. The summed E-state index contributed by atoms with van der Waals surface area (Å²) >= 11 is 0. The Morgan fingerprint density at radius 3 is 2.52 bits per heavy atom. The number of halogens is 1. The van der Waals surface area contributed by atoms with Crippen LogP contribution in [0.5, 0.6) is 0 Å². The highest BCUT2D eigenvalue weighted by Gasteiger charge is 2.20. The van der Waals surface area contributed by atoms with Gasteiger partial charge in [0.25, 0.3) is 5.69 Å². The SMILES string of the molecule is Cl.NCC(=O)NC(CC(=O)O)Cc1ccccc1[N+](=O)[O-]. The molecule has 9 heteroatoms. The number of hydrogen-bond acceptors (Lipinski definition) is 5. The van der Waals surface area contributed by atoms with Gasteiger partial charge in [-0.3, -0.25) is 19.7 Å². The minimum absolute atomic E-state index is 0. The van der Waals surface area contributed by atoms with Gasteiger partial charge in [-0.05, 0) is 6.42 Å². The molecule has 116 valence electrons. The van der Waals surface area contributed by atoms with E-state index in [1.165, 1.54) is 18.2 Å². The summed E-state index contributed by atoms with van der Waals surface area (Å²) in [7, 11) is 0. The lowest BCUT2D eigenvalue weighted by Gasteiger charge is -2.16. The number of para-hydroxylation sites is 1. The van der Waals surface area contributed by atoms with E-state index in [-0.39, 0.29) is 37.5 Å². The number of aliphatic carboxylic acids is 1. The van der Waals surface area contributed by atoms with Gasteiger partial charge in [0.05, 0.1) is 17.9 Å². The van der Waals surface area contributed by atoms with Crippen LogP contribution < -0.4 is 11.1 Å². The van der Waals surface area contributed by atoms with Crippen LogP contribution in [-0.2, 0) is 16.0 Å². The molecule has 0 saturated heterocycles. The Morgan fingerprint density at radius 1 is 1.38 bits per heavy atom. The van der Waals surface area contributed by atoms with Crippen molar-refractivity contribution >= 4 is 30.0 Å². The van der Waals surface area contributed by atoms with Crippen molar-refractivity contribution in [1.29, 1.82) is 0 Å². The maximum Gasteiger partial charge on any atom is 0.305 e. The van der Waals surface area contributed by atoms with Crippen molar-refractivity contribution in [2.75, 3.05) is 6.54 Å². The van der Waals surface area contributed by atoms with Crippen LogP contribution in [0.1, 0.15) is 12.0 Å². The Kier molecular flexibility index (Phi) is 7.95. The maximum atomic E-state index is 11.2. The molecule has 0 radical (unpaired) electrons. The van der Waals surface area contributed by atoms with E-state index in [0.717, 1.165) is 0 Å². The zero-order valence-electron chi connectivity index (χ0n) is 11.0. The molecular weight excluding hydrogens is 302 g/mol. The second-order valence-electron chi connectivity index (χ2n) is 4.16. The monoisotopic (exact) mass is 317 g/mol. The van der Waals surface area contributed by atoms with Gasteiger partial charge in [-0.25, -0.2) is 0 Å². The topological polar surface area (TPSA) is 136 Å². The van der Waals surface area contributed by atoms with Crippen molar-refractivity contribution in [3.05, 3.63) is 39.9 Å². The Balaban J connectivity index is 0.00000400. The van der Waals surface area contributed by atoms with Gasteiger partial charge in [-0.15, -0.1) is 12.4 Å². The van der Waals surface area contributed by atoms with E-state index in [1.807, 2.05) is 0 Å². The molecule has 8 nitrogen and oxygen atoms in total. The second-order valence-corrected chi connectivity index (χ2v) is 4.16. The van der Waals surface area contributed by atoms with Crippen molar-refractivity contribution in [3.8, 4) is 0 Å². The maximum absolute atomic E-state index is 11.2. The summed E-state index contributed by atoms with van der Waals surface area (Å²) in [5.41, 5.74) is 5.41. The smallest absolute Gasteiger partial charge is 0.305 e. The molecule has 0 fully saturated rings. The number of benzene rings is 1. The van der Waals surface area contributed by atoms with Crippen molar-refractivity contribution in [3.63, 3.8) is 0 Å². The van der Waals surface area contributed by atoms with Crippen LogP contribution in [0.4, 0.5) is 5.69 Å². The average Bonchev–Trinajstić information content (AvgIpc) is 2.38. The fourth-order valence-electron chi connectivity index (χ4n) is 1.80. The number of rotatable bonds is 7. The molecule has 1 unspecified atom stereocenters. The van der Waals surface area contributed by atoms with E-state index in [1.54, 1.807) is 6.07 Å². The third-order valence-electron chi connectivity index (χ3n) is 2.63. The van der Waals surface area contributed by atoms with E-state index in [2.05, 4.69) is 5.32 Å². The van der Waals surface area contributed by atoms with Gasteiger partial charge in [0, 0.05) is 17.7 Å². The fraction of sp³-hybridized carbons (Fsp3) is 0.333. The minimum atomic E-state index is -1.11. The largest absolute Gasteiger partial charge is 0.481 e. The van der Waals surface area contributed by atoms with Crippen molar-refractivity contribution in [2.45, 2.75) is 18.9 Å². The molecule has 0 spiro atoms. The van der Waals surface area contributed by atoms with Gasteiger partial charge in [0.2, 0.25) is 5.91 Å². The quantitative estimate of drug-likeness (QED) is 0.494. The van der Waals surface area contributed by atoms with Gasteiger partial charge in [-0.2, -0.15) is 0 Å². The molecule has 0 saturated carbocycles. The van der Waals surface area contributed by atoms with E-state index in [9.17, 15) is 19.7 Å². The Labute approximate surface area is 126 Å². The summed E-state index contributed by atoms with van der Waals surface area (Å²) < 4.78 is 0. The average molecular weight is 318 g/mol. The number of hydrogen-bond donors (Lipinski definition) is 3. The van der Waals surface area contributed by atoms with Crippen LogP contribution in [0, 0.1) is 10.1 Å². The van der Waals surface area contributed by atoms with Crippen molar-refractivity contribution in [1.82, 2.24) is 5.32 Å². The molecule has 1 aromatic carbocycles.